The van der Waals surface area contributed by atoms with Crippen LogP contribution in [0, 0.1) is 5.92 Å². The van der Waals surface area contributed by atoms with E-state index in [0.29, 0.717) is 6.42 Å². The van der Waals surface area contributed by atoms with Crippen LogP contribution in [0.5, 0.6) is 0 Å². The Bertz CT molecular complexity index is 330. The van der Waals surface area contributed by atoms with Crippen LogP contribution in [-0.4, -0.2) is 42.5 Å². The van der Waals surface area contributed by atoms with E-state index in [0.717, 1.165) is 0 Å². The van der Waals surface area contributed by atoms with Crippen molar-refractivity contribution >= 4 is 0 Å². The van der Waals surface area contributed by atoms with Gasteiger partial charge in [-0.1, -0.05) is 5.11 Å². The molecule has 0 aromatic heterocycles. The topological polar surface area (TPSA) is 96.7 Å². The van der Waals surface area contributed by atoms with Crippen molar-refractivity contribution in [2.24, 2.45) is 11.0 Å². The molecule has 0 aromatic carbocycles. The van der Waals surface area contributed by atoms with E-state index in [9.17, 15) is 0 Å². The van der Waals surface area contributed by atoms with Crippen molar-refractivity contribution in [2.75, 3.05) is 13.2 Å². The molecule has 2 fully saturated rings. The Kier molecular flexibility index (Phi) is 3.56. The summed E-state index contributed by atoms with van der Waals surface area (Å²) in [5.74, 6) is -0.663. The van der Waals surface area contributed by atoms with Gasteiger partial charge in [0.1, 0.15) is 6.10 Å². The summed E-state index contributed by atoms with van der Waals surface area (Å²) in [6, 6.07) is 0. The summed E-state index contributed by atoms with van der Waals surface area (Å²) in [6.45, 7) is 3.94. The molecule has 0 radical (unpaired) electrons. The van der Waals surface area contributed by atoms with Gasteiger partial charge in [-0.25, -0.2) is 0 Å². The fourth-order valence-corrected chi connectivity index (χ4v) is 2.43. The van der Waals surface area contributed by atoms with Gasteiger partial charge >= 0.3 is 0 Å². The number of nitrogens with zero attached hydrogens (tertiary/aromatic N) is 3. The molecular formula is C10H17N3O4. The molecule has 0 bridgehead atoms. The zero-order valence-corrected chi connectivity index (χ0v) is 9.94. The quantitative estimate of drug-likeness (QED) is 0.455. The van der Waals surface area contributed by atoms with Crippen molar-refractivity contribution in [1.29, 1.82) is 0 Å². The average molecular weight is 243 g/mol. The first-order chi connectivity index (χ1) is 8.07. The molecule has 7 heteroatoms. The van der Waals surface area contributed by atoms with Crippen LogP contribution < -0.4 is 0 Å². The molecule has 2 heterocycles. The molecule has 17 heavy (non-hydrogen) atoms. The number of hydrogen-bond donors (Lipinski definition) is 1. The Labute approximate surface area is 99.3 Å². The van der Waals surface area contributed by atoms with Gasteiger partial charge in [-0.3, -0.25) is 0 Å². The third-order valence-electron chi connectivity index (χ3n) is 3.08. The summed E-state index contributed by atoms with van der Waals surface area (Å²) < 4.78 is 17.0. The molecule has 2 rings (SSSR count). The second-order valence-electron chi connectivity index (χ2n) is 4.73. The molecule has 2 aliphatic heterocycles. The van der Waals surface area contributed by atoms with E-state index in [-0.39, 0.29) is 31.3 Å². The number of fused-ring (bicyclic) bond motifs is 1. The van der Waals surface area contributed by atoms with Gasteiger partial charge in [0.25, 0.3) is 0 Å². The van der Waals surface area contributed by atoms with Gasteiger partial charge in [0.2, 0.25) is 0 Å². The molecule has 0 amide bonds. The Morgan fingerprint density at radius 1 is 1.41 bits per heavy atom. The normalized spacial score (nSPS) is 38.8. The van der Waals surface area contributed by atoms with Crippen molar-refractivity contribution in [2.45, 2.75) is 44.6 Å². The summed E-state index contributed by atoms with van der Waals surface area (Å²) >= 11 is 0. The van der Waals surface area contributed by atoms with Crippen LogP contribution in [0.25, 0.3) is 10.4 Å². The second kappa shape index (κ2) is 4.80. The monoisotopic (exact) mass is 243 g/mol. The molecular weight excluding hydrogens is 226 g/mol. The third-order valence-corrected chi connectivity index (χ3v) is 3.08. The number of aliphatic hydroxyl groups is 1. The van der Waals surface area contributed by atoms with Crippen LogP contribution in [0.2, 0.25) is 0 Å². The van der Waals surface area contributed by atoms with E-state index in [1.807, 2.05) is 13.8 Å². The van der Waals surface area contributed by atoms with Gasteiger partial charge < -0.3 is 19.3 Å². The largest absolute Gasteiger partial charge is 0.396 e. The fraction of sp³-hybridized carbons (Fsp3) is 1.00. The van der Waals surface area contributed by atoms with Crippen LogP contribution in [0.4, 0.5) is 0 Å². The lowest BCUT2D eigenvalue weighted by Gasteiger charge is -2.24. The first-order valence-electron chi connectivity index (χ1n) is 5.70. The molecule has 0 aromatic rings. The highest BCUT2D eigenvalue weighted by molar-refractivity contribution is 4.93. The number of rotatable bonds is 4. The zero-order valence-electron chi connectivity index (χ0n) is 9.94. The Hall–Kier alpha value is -0.850. The van der Waals surface area contributed by atoms with Gasteiger partial charge in [0.15, 0.2) is 12.1 Å². The van der Waals surface area contributed by atoms with Crippen LogP contribution in [0.1, 0.15) is 20.3 Å². The van der Waals surface area contributed by atoms with E-state index in [1.165, 1.54) is 0 Å². The number of ether oxygens (including phenoxy) is 3. The van der Waals surface area contributed by atoms with E-state index >= 15 is 0 Å². The van der Waals surface area contributed by atoms with Crippen LogP contribution in [-0.2, 0) is 14.2 Å². The molecule has 4 atom stereocenters. The number of azide groups is 1. The summed E-state index contributed by atoms with van der Waals surface area (Å²) in [6.07, 6.45) is -0.327. The maximum absolute atomic E-state index is 9.06. The fourth-order valence-electron chi connectivity index (χ4n) is 2.43. The maximum Gasteiger partial charge on any atom is 0.187 e. The molecule has 0 saturated carbocycles. The highest BCUT2D eigenvalue weighted by Gasteiger charge is 2.53. The number of aliphatic hydroxyl groups excluding tert-OH is 1. The lowest BCUT2D eigenvalue weighted by molar-refractivity contribution is -0.209. The summed E-state index contributed by atoms with van der Waals surface area (Å²) in [5.41, 5.74) is 8.32. The summed E-state index contributed by atoms with van der Waals surface area (Å²) in [7, 11) is 0. The first-order valence-corrected chi connectivity index (χ1v) is 5.70. The van der Waals surface area contributed by atoms with Crippen LogP contribution in [0.15, 0.2) is 5.11 Å². The van der Waals surface area contributed by atoms with Gasteiger partial charge in [-0.05, 0) is 25.8 Å². The van der Waals surface area contributed by atoms with Gasteiger partial charge in [-0.15, -0.1) is 0 Å². The van der Waals surface area contributed by atoms with Gasteiger partial charge in [-0.2, -0.15) is 0 Å². The lowest BCUT2D eigenvalue weighted by atomic mass is 9.95. The average Bonchev–Trinajstić information content (AvgIpc) is 2.70. The minimum Gasteiger partial charge on any atom is -0.396 e. The van der Waals surface area contributed by atoms with E-state index in [1.54, 1.807) is 0 Å². The SMILES string of the molecule is CC1(C)O[C@H]2O[C@H](CN=[N+]=[N-])[C@@H](CCO)[C@H]2O1. The van der Waals surface area contributed by atoms with E-state index < -0.39 is 12.1 Å². The van der Waals surface area contributed by atoms with Crippen LogP contribution in [0.3, 0.4) is 0 Å². The van der Waals surface area contributed by atoms with Crippen molar-refractivity contribution in [1.82, 2.24) is 0 Å². The third kappa shape index (κ3) is 2.53. The maximum atomic E-state index is 9.06. The second-order valence-corrected chi connectivity index (χ2v) is 4.73. The molecule has 0 unspecified atom stereocenters. The summed E-state index contributed by atoms with van der Waals surface area (Å²) in [4.78, 5) is 2.72. The summed E-state index contributed by atoms with van der Waals surface area (Å²) in [5, 5.41) is 12.6. The molecule has 96 valence electrons. The molecule has 7 nitrogen and oxygen atoms in total. The van der Waals surface area contributed by atoms with E-state index in [4.69, 9.17) is 24.8 Å². The van der Waals surface area contributed by atoms with Crippen molar-refractivity contribution < 1.29 is 19.3 Å². The predicted molar refractivity (Wildman–Crippen MR) is 57.9 cm³/mol. The first kappa shape index (κ1) is 12.6. The molecule has 1 N–H and O–H groups in total. The van der Waals surface area contributed by atoms with Crippen molar-refractivity contribution in [3.63, 3.8) is 0 Å². The minimum atomic E-state index is -0.660. The van der Waals surface area contributed by atoms with Gasteiger partial charge in [0.05, 0.1) is 12.6 Å². The number of hydrogen-bond acceptors (Lipinski definition) is 5. The highest BCUT2D eigenvalue weighted by Crippen LogP contribution is 2.41. The van der Waals surface area contributed by atoms with Crippen molar-refractivity contribution in [3.8, 4) is 0 Å². The smallest absolute Gasteiger partial charge is 0.187 e. The van der Waals surface area contributed by atoms with Crippen LogP contribution >= 0.6 is 0 Å². The van der Waals surface area contributed by atoms with Crippen molar-refractivity contribution in [3.05, 3.63) is 10.4 Å². The standard InChI is InChI=1S/C10H17N3O4/c1-10(2)16-8-6(3-4-14)7(5-12-13-11)15-9(8)17-10/h6-9,14H,3-5H2,1-2H3/t6-,7-,8-,9-/m1/s1. The highest BCUT2D eigenvalue weighted by atomic mass is 16.8. The molecule has 0 aliphatic carbocycles. The van der Waals surface area contributed by atoms with Gasteiger partial charge in [0, 0.05) is 17.4 Å². The Morgan fingerprint density at radius 3 is 2.82 bits per heavy atom. The molecule has 2 saturated heterocycles. The molecule has 2 aliphatic rings. The Morgan fingerprint density at radius 2 is 2.18 bits per heavy atom. The Balaban J connectivity index is 2.06. The molecule has 0 spiro atoms. The predicted octanol–water partition coefficient (Wildman–Crippen LogP) is 1.17. The lowest BCUT2D eigenvalue weighted by Crippen LogP contribution is -2.32. The minimum absolute atomic E-state index is 0.00252. The van der Waals surface area contributed by atoms with E-state index in [2.05, 4.69) is 10.0 Å². The zero-order chi connectivity index (χ0) is 12.5.